The van der Waals surface area contributed by atoms with Crippen molar-refractivity contribution >= 4 is 44.4 Å². The van der Waals surface area contributed by atoms with Crippen LogP contribution >= 0.6 is 15.9 Å². The molecule has 4 aromatic rings. The number of rotatable bonds is 8. The fourth-order valence-corrected chi connectivity index (χ4v) is 6.72. The Kier molecular flexibility index (Phi) is 8.43. The van der Waals surface area contributed by atoms with Gasteiger partial charge in [0.1, 0.15) is 5.69 Å². The highest BCUT2D eigenvalue weighted by Gasteiger charge is 2.36. The van der Waals surface area contributed by atoms with E-state index in [1.54, 1.807) is 18.2 Å². The maximum atomic E-state index is 14.4. The summed E-state index contributed by atoms with van der Waals surface area (Å²) in [5, 5.41) is 10.6. The van der Waals surface area contributed by atoms with E-state index in [9.17, 15) is 27.9 Å². The fourth-order valence-electron chi connectivity index (χ4n) is 6.31. The van der Waals surface area contributed by atoms with Gasteiger partial charge < -0.3 is 24.6 Å². The number of nitrogens with one attached hydrogen (secondary N) is 1. The standard InChI is InChI=1S/C33H31BrF3N3O4/c34-22-8-10-28-20(18-22)11-13-39(28)12-2-1-4-26-25-6-3-5-24(29(25)38-30(26)32(42)43)23-9-7-21(19-27(23)33(35,36)37)31(41)40-14-16-44-17-15-40/h3,5-10,18-19,38H,1-2,4,11-17H2,(H,42,43). The highest BCUT2D eigenvalue weighted by Crippen LogP contribution is 2.41. The van der Waals surface area contributed by atoms with Crippen LogP contribution in [0.2, 0.25) is 0 Å². The number of fused-ring (bicyclic) bond motifs is 2. The van der Waals surface area contributed by atoms with Gasteiger partial charge in [-0.2, -0.15) is 13.2 Å². The van der Waals surface area contributed by atoms with Crippen LogP contribution in [-0.2, 0) is 23.8 Å². The molecule has 2 N–H and O–H groups in total. The molecule has 3 heterocycles. The number of aromatic nitrogens is 1. The molecule has 2 aliphatic heterocycles. The first-order valence-corrected chi connectivity index (χ1v) is 15.4. The number of halogens is 4. The lowest BCUT2D eigenvalue weighted by Crippen LogP contribution is -2.40. The number of carbonyl (C=O) groups excluding carboxylic acids is 1. The SMILES string of the molecule is O=C(O)c1[nH]c2c(-c3ccc(C(=O)N4CCOCC4)cc3C(F)(F)F)cccc2c1CCCCN1CCc2cc(Br)ccc21. The number of carboxylic acid groups (broad SMARTS) is 1. The summed E-state index contributed by atoms with van der Waals surface area (Å²) in [5.74, 6) is -1.65. The van der Waals surface area contributed by atoms with Crippen LogP contribution in [0, 0.1) is 0 Å². The van der Waals surface area contributed by atoms with E-state index in [4.69, 9.17) is 4.74 Å². The van der Waals surface area contributed by atoms with Crippen molar-refractivity contribution in [1.82, 2.24) is 9.88 Å². The van der Waals surface area contributed by atoms with E-state index >= 15 is 0 Å². The second-order valence-electron chi connectivity index (χ2n) is 11.1. The number of nitrogens with zero attached hydrogens (tertiary/aromatic N) is 2. The quantitative estimate of drug-likeness (QED) is 0.194. The second-order valence-corrected chi connectivity index (χ2v) is 12.1. The number of aromatic carboxylic acids is 1. The Morgan fingerprint density at radius 2 is 1.77 bits per heavy atom. The predicted octanol–water partition coefficient (Wildman–Crippen LogP) is 7.17. The Bertz CT molecular complexity index is 1730. The molecule has 1 saturated heterocycles. The molecule has 0 bridgehead atoms. The van der Waals surface area contributed by atoms with E-state index in [0.717, 1.165) is 36.5 Å². The van der Waals surface area contributed by atoms with Crippen LogP contribution in [0.15, 0.2) is 59.1 Å². The summed E-state index contributed by atoms with van der Waals surface area (Å²) in [7, 11) is 0. The lowest BCUT2D eigenvalue weighted by molar-refractivity contribution is -0.137. The van der Waals surface area contributed by atoms with Gasteiger partial charge >= 0.3 is 12.1 Å². The molecule has 0 radical (unpaired) electrons. The van der Waals surface area contributed by atoms with Gasteiger partial charge in [-0.1, -0.05) is 40.2 Å². The number of hydrogen-bond donors (Lipinski definition) is 2. The van der Waals surface area contributed by atoms with Gasteiger partial charge in [-0.15, -0.1) is 0 Å². The average Bonchev–Trinajstić information content (AvgIpc) is 3.59. The summed E-state index contributed by atoms with van der Waals surface area (Å²) < 4.78 is 49.6. The maximum Gasteiger partial charge on any atom is 0.417 e. The number of anilines is 1. The van der Waals surface area contributed by atoms with Crippen LogP contribution in [0.25, 0.3) is 22.0 Å². The van der Waals surface area contributed by atoms with E-state index in [-0.39, 0.29) is 22.4 Å². The first-order valence-electron chi connectivity index (χ1n) is 14.6. The summed E-state index contributed by atoms with van der Waals surface area (Å²) in [5.41, 5.74) is 2.51. The van der Waals surface area contributed by atoms with Crippen molar-refractivity contribution < 1.29 is 32.6 Å². The minimum absolute atomic E-state index is 0.0171. The number of aromatic amines is 1. The van der Waals surface area contributed by atoms with Gasteiger partial charge in [0.15, 0.2) is 0 Å². The third-order valence-electron chi connectivity index (χ3n) is 8.45. The molecule has 44 heavy (non-hydrogen) atoms. The number of hydrogen-bond acceptors (Lipinski definition) is 4. The molecule has 230 valence electrons. The largest absolute Gasteiger partial charge is 0.477 e. The molecule has 0 atom stereocenters. The summed E-state index contributed by atoms with van der Waals surface area (Å²) in [4.78, 5) is 32.0. The lowest BCUT2D eigenvalue weighted by Gasteiger charge is -2.27. The molecule has 0 aliphatic carbocycles. The number of amides is 1. The summed E-state index contributed by atoms with van der Waals surface area (Å²) in [6.45, 7) is 3.06. The van der Waals surface area contributed by atoms with Crippen LogP contribution in [-0.4, -0.2) is 66.3 Å². The number of para-hydroxylation sites is 1. The summed E-state index contributed by atoms with van der Waals surface area (Å²) >= 11 is 3.52. The topological polar surface area (TPSA) is 85.9 Å². The minimum atomic E-state index is -4.74. The summed E-state index contributed by atoms with van der Waals surface area (Å²) in [6.07, 6.45) is -1.76. The van der Waals surface area contributed by atoms with Crippen molar-refractivity contribution in [1.29, 1.82) is 0 Å². The highest BCUT2D eigenvalue weighted by atomic mass is 79.9. The Labute approximate surface area is 260 Å². The van der Waals surface area contributed by atoms with Gasteiger partial charge in [0.25, 0.3) is 5.91 Å². The summed E-state index contributed by atoms with van der Waals surface area (Å²) in [6, 6.07) is 14.8. The number of aryl methyl sites for hydroxylation is 1. The maximum absolute atomic E-state index is 14.4. The number of H-pyrrole nitrogens is 1. The van der Waals surface area contributed by atoms with Crippen molar-refractivity contribution in [3.05, 3.63) is 87.0 Å². The molecule has 0 saturated carbocycles. The van der Waals surface area contributed by atoms with Gasteiger partial charge in [-0.25, -0.2) is 4.79 Å². The number of benzene rings is 3. The van der Waals surface area contributed by atoms with Crippen molar-refractivity contribution in [3.63, 3.8) is 0 Å². The molecular weight excluding hydrogens is 639 g/mol. The van der Waals surface area contributed by atoms with E-state index in [1.807, 2.05) is 6.07 Å². The molecule has 1 amide bonds. The number of carbonyl (C=O) groups is 2. The van der Waals surface area contributed by atoms with E-state index in [2.05, 4.69) is 37.9 Å². The smallest absolute Gasteiger partial charge is 0.417 e. The van der Waals surface area contributed by atoms with Gasteiger partial charge in [0, 0.05) is 52.9 Å². The van der Waals surface area contributed by atoms with Gasteiger partial charge in [-0.05, 0) is 72.7 Å². The van der Waals surface area contributed by atoms with Crippen LogP contribution in [0.4, 0.5) is 18.9 Å². The second kappa shape index (κ2) is 12.3. The van der Waals surface area contributed by atoms with E-state index < -0.39 is 23.6 Å². The van der Waals surface area contributed by atoms with Gasteiger partial charge in [-0.3, -0.25) is 4.79 Å². The average molecular weight is 671 g/mol. The molecule has 11 heteroatoms. The van der Waals surface area contributed by atoms with Crippen LogP contribution in [0.5, 0.6) is 0 Å². The third-order valence-corrected chi connectivity index (χ3v) is 8.95. The van der Waals surface area contributed by atoms with Crippen LogP contribution < -0.4 is 4.90 Å². The number of ether oxygens (including phenoxy) is 1. The zero-order valence-corrected chi connectivity index (χ0v) is 25.4. The predicted molar refractivity (Wildman–Crippen MR) is 165 cm³/mol. The molecule has 0 spiro atoms. The van der Waals surface area contributed by atoms with Crippen molar-refractivity contribution in [2.24, 2.45) is 0 Å². The molecular formula is C33H31BrF3N3O4. The Morgan fingerprint density at radius 1 is 0.977 bits per heavy atom. The fraction of sp³-hybridized carbons (Fsp3) is 0.333. The first kappa shape index (κ1) is 30.2. The molecule has 6 rings (SSSR count). The zero-order chi connectivity index (χ0) is 31.0. The van der Waals surface area contributed by atoms with Crippen molar-refractivity contribution in [2.45, 2.75) is 31.9 Å². The van der Waals surface area contributed by atoms with E-state index in [0.29, 0.717) is 55.6 Å². The first-order chi connectivity index (χ1) is 21.1. The highest BCUT2D eigenvalue weighted by molar-refractivity contribution is 9.10. The number of carboxylic acids is 1. The molecule has 1 fully saturated rings. The van der Waals surface area contributed by atoms with E-state index in [1.165, 1.54) is 28.3 Å². The van der Waals surface area contributed by atoms with Crippen LogP contribution in [0.3, 0.4) is 0 Å². The Balaban J connectivity index is 1.28. The number of alkyl halides is 3. The molecule has 0 unspecified atom stereocenters. The molecule has 2 aliphatic rings. The number of unbranched alkanes of at least 4 members (excludes halogenated alkanes) is 1. The van der Waals surface area contributed by atoms with Gasteiger partial charge in [0.05, 0.1) is 24.3 Å². The zero-order valence-electron chi connectivity index (χ0n) is 23.8. The molecule has 1 aromatic heterocycles. The van der Waals surface area contributed by atoms with Crippen molar-refractivity contribution in [3.8, 4) is 11.1 Å². The Hall–Kier alpha value is -3.83. The normalized spacial score (nSPS) is 15.2. The minimum Gasteiger partial charge on any atom is -0.477 e. The number of morpholine rings is 1. The van der Waals surface area contributed by atoms with Crippen molar-refractivity contribution in [2.75, 3.05) is 44.3 Å². The Morgan fingerprint density at radius 3 is 2.52 bits per heavy atom. The monoisotopic (exact) mass is 669 g/mol. The van der Waals surface area contributed by atoms with Crippen LogP contribution in [0.1, 0.15) is 50.4 Å². The third kappa shape index (κ3) is 5.95. The lowest BCUT2D eigenvalue weighted by atomic mass is 9.94. The molecule has 3 aromatic carbocycles. The molecule has 7 nitrogen and oxygen atoms in total. The van der Waals surface area contributed by atoms with Gasteiger partial charge in [0.2, 0.25) is 0 Å².